The van der Waals surface area contributed by atoms with Gasteiger partial charge in [0.2, 0.25) is 6.08 Å². The number of aryl methyl sites for hydroxylation is 1. The smallest absolute Gasteiger partial charge is 0.235 e. The monoisotopic (exact) mass is 267 g/mol. The van der Waals surface area contributed by atoms with E-state index in [2.05, 4.69) is 20.9 Å². The lowest BCUT2D eigenvalue weighted by Crippen LogP contribution is -2.03. The Morgan fingerprint density at radius 2 is 2.20 bits per heavy atom. The highest BCUT2D eigenvalue weighted by Gasteiger charge is 2.46. The van der Waals surface area contributed by atoms with E-state index in [1.807, 2.05) is 13.0 Å². The van der Waals surface area contributed by atoms with Crippen molar-refractivity contribution in [2.24, 2.45) is 4.99 Å². The first-order valence-corrected chi connectivity index (χ1v) is 5.47. The summed E-state index contributed by atoms with van der Waals surface area (Å²) in [6.45, 7) is 1.90. The molecule has 0 heterocycles. The van der Waals surface area contributed by atoms with Crippen molar-refractivity contribution in [2.75, 3.05) is 0 Å². The molecular weight excluding hydrogens is 258 g/mol. The second-order valence-electron chi connectivity index (χ2n) is 3.85. The molecule has 0 spiro atoms. The van der Waals surface area contributed by atoms with Crippen LogP contribution in [0.2, 0.25) is 0 Å². The van der Waals surface area contributed by atoms with Crippen LogP contribution in [-0.2, 0) is 10.3 Å². The topological polar surface area (TPSA) is 49.7 Å². The van der Waals surface area contributed by atoms with Crippen molar-refractivity contribution < 1.29 is 9.90 Å². The highest BCUT2D eigenvalue weighted by molar-refractivity contribution is 9.10. The number of rotatable bonds is 2. The Bertz CT molecular complexity index is 460. The van der Waals surface area contributed by atoms with Gasteiger partial charge in [-0.3, -0.25) is 0 Å². The second-order valence-corrected chi connectivity index (χ2v) is 4.71. The number of nitrogens with zero attached hydrogens (tertiary/aromatic N) is 1. The van der Waals surface area contributed by atoms with Gasteiger partial charge >= 0.3 is 0 Å². The quantitative estimate of drug-likeness (QED) is 0.662. The number of phenolic OH excluding ortho intramolecular Hbond substituents is 1. The molecule has 4 heteroatoms. The highest BCUT2D eigenvalue weighted by atomic mass is 79.9. The molecule has 78 valence electrons. The molecule has 1 N–H and O–H groups in total. The normalized spacial score (nSPS) is 16.9. The summed E-state index contributed by atoms with van der Waals surface area (Å²) < 4.78 is 0.919. The van der Waals surface area contributed by atoms with Gasteiger partial charge in [-0.2, -0.15) is 4.99 Å². The van der Waals surface area contributed by atoms with Gasteiger partial charge < -0.3 is 5.11 Å². The highest BCUT2D eigenvalue weighted by Crippen LogP contribution is 2.52. The average molecular weight is 268 g/mol. The van der Waals surface area contributed by atoms with Gasteiger partial charge in [-0.25, -0.2) is 4.79 Å². The summed E-state index contributed by atoms with van der Waals surface area (Å²) in [4.78, 5) is 14.1. The molecule has 0 atom stereocenters. The Morgan fingerprint density at radius 3 is 2.73 bits per heavy atom. The Balaban J connectivity index is 2.54. The Morgan fingerprint density at radius 1 is 1.53 bits per heavy atom. The van der Waals surface area contributed by atoms with Gasteiger partial charge in [0.15, 0.2) is 0 Å². The van der Waals surface area contributed by atoms with Gasteiger partial charge in [0, 0.05) is 10.0 Å². The van der Waals surface area contributed by atoms with Gasteiger partial charge in [-0.1, -0.05) is 15.9 Å². The largest absolute Gasteiger partial charge is 0.508 e. The lowest BCUT2D eigenvalue weighted by Gasteiger charge is -2.12. The third-order valence-electron chi connectivity index (χ3n) is 2.76. The van der Waals surface area contributed by atoms with E-state index in [9.17, 15) is 9.90 Å². The summed E-state index contributed by atoms with van der Waals surface area (Å²) in [5, 5.41) is 9.81. The summed E-state index contributed by atoms with van der Waals surface area (Å²) in [6.07, 6.45) is 3.17. The average Bonchev–Trinajstić information content (AvgIpc) is 2.93. The van der Waals surface area contributed by atoms with Crippen molar-refractivity contribution in [3.63, 3.8) is 0 Å². The van der Waals surface area contributed by atoms with E-state index >= 15 is 0 Å². The number of isocyanates is 1. The summed E-state index contributed by atoms with van der Waals surface area (Å²) in [6, 6.07) is 3.51. The van der Waals surface area contributed by atoms with E-state index in [1.165, 1.54) is 0 Å². The summed E-state index contributed by atoms with van der Waals surface area (Å²) >= 11 is 3.40. The van der Waals surface area contributed by atoms with Crippen LogP contribution in [0.25, 0.3) is 0 Å². The van der Waals surface area contributed by atoms with Crippen LogP contribution < -0.4 is 0 Å². The molecule has 0 saturated heterocycles. The number of benzene rings is 1. The van der Waals surface area contributed by atoms with Gasteiger partial charge in [0.25, 0.3) is 0 Å². The molecule has 1 saturated carbocycles. The molecular formula is C11H10BrNO2. The van der Waals surface area contributed by atoms with Crippen LogP contribution in [0.1, 0.15) is 24.0 Å². The molecule has 0 aromatic heterocycles. The van der Waals surface area contributed by atoms with Crippen molar-refractivity contribution in [1.82, 2.24) is 0 Å². The summed E-state index contributed by atoms with van der Waals surface area (Å²) in [5.41, 5.74) is 1.16. The number of halogens is 1. The number of hydrogen-bond acceptors (Lipinski definition) is 3. The molecule has 0 unspecified atom stereocenters. The van der Waals surface area contributed by atoms with Crippen LogP contribution in [0, 0.1) is 6.92 Å². The molecule has 0 amide bonds. The van der Waals surface area contributed by atoms with Crippen LogP contribution in [0.4, 0.5) is 0 Å². The number of aromatic hydroxyl groups is 1. The predicted molar refractivity (Wildman–Crippen MR) is 59.6 cm³/mol. The number of phenols is 1. The molecule has 0 bridgehead atoms. The van der Waals surface area contributed by atoms with Crippen molar-refractivity contribution in [1.29, 1.82) is 0 Å². The first-order chi connectivity index (χ1) is 7.09. The van der Waals surface area contributed by atoms with Crippen LogP contribution in [-0.4, -0.2) is 11.2 Å². The van der Waals surface area contributed by atoms with Crippen molar-refractivity contribution >= 4 is 22.0 Å². The maximum Gasteiger partial charge on any atom is 0.235 e. The summed E-state index contributed by atoms with van der Waals surface area (Å²) in [5.74, 6) is 0.201. The zero-order valence-electron chi connectivity index (χ0n) is 8.25. The molecule has 1 aromatic carbocycles. The fourth-order valence-electron chi connectivity index (χ4n) is 1.69. The first kappa shape index (κ1) is 10.4. The maximum absolute atomic E-state index is 10.3. The van der Waals surface area contributed by atoms with E-state index < -0.39 is 5.54 Å². The summed E-state index contributed by atoms with van der Waals surface area (Å²) in [7, 11) is 0. The van der Waals surface area contributed by atoms with Crippen molar-refractivity contribution in [3.8, 4) is 5.75 Å². The van der Waals surface area contributed by atoms with Gasteiger partial charge in [-0.05, 0) is 37.5 Å². The standard InChI is InChI=1S/C11H10BrNO2/c1-7-4-10(15)8(5-9(7)12)11(2-3-11)13-6-14/h4-5,15H,2-3H2,1H3. The van der Waals surface area contributed by atoms with Crippen LogP contribution in [0.5, 0.6) is 5.75 Å². The van der Waals surface area contributed by atoms with E-state index in [-0.39, 0.29) is 5.75 Å². The zero-order chi connectivity index (χ0) is 11.1. The Hall–Kier alpha value is -1.12. The van der Waals surface area contributed by atoms with E-state index in [0.29, 0.717) is 5.56 Å². The predicted octanol–water partition coefficient (Wildman–Crippen LogP) is 2.79. The fraction of sp³-hybridized carbons (Fsp3) is 0.364. The molecule has 3 nitrogen and oxygen atoms in total. The Kier molecular flexibility index (Phi) is 2.41. The second kappa shape index (κ2) is 3.47. The molecule has 2 rings (SSSR count). The first-order valence-electron chi connectivity index (χ1n) is 4.68. The number of hydrogen-bond donors (Lipinski definition) is 1. The minimum Gasteiger partial charge on any atom is -0.508 e. The molecule has 15 heavy (non-hydrogen) atoms. The van der Waals surface area contributed by atoms with Crippen LogP contribution >= 0.6 is 15.9 Å². The minimum atomic E-state index is -0.512. The molecule has 0 radical (unpaired) electrons. The third-order valence-corrected chi connectivity index (χ3v) is 3.62. The molecule has 1 aliphatic carbocycles. The lowest BCUT2D eigenvalue weighted by atomic mass is 10.0. The maximum atomic E-state index is 10.3. The van der Waals surface area contributed by atoms with Crippen LogP contribution in [0.3, 0.4) is 0 Å². The van der Waals surface area contributed by atoms with Gasteiger partial charge in [-0.15, -0.1) is 0 Å². The SMILES string of the molecule is Cc1cc(O)c(C2(N=C=O)CC2)cc1Br. The van der Waals surface area contributed by atoms with E-state index in [1.54, 1.807) is 12.1 Å². The zero-order valence-corrected chi connectivity index (χ0v) is 9.84. The van der Waals surface area contributed by atoms with Gasteiger partial charge in [0.1, 0.15) is 11.3 Å². The Labute approximate surface area is 96.0 Å². The molecule has 0 aliphatic heterocycles. The lowest BCUT2D eigenvalue weighted by molar-refractivity contribution is 0.458. The fourth-order valence-corrected chi connectivity index (χ4v) is 2.03. The third kappa shape index (κ3) is 1.71. The van der Waals surface area contributed by atoms with Gasteiger partial charge in [0.05, 0.1) is 0 Å². The van der Waals surface area contributed by atoms with E-state index in [0.717, 1.165) is 22.9 Å². The van der Waals surface area contributed by atoms with Crippen molar-refractivity contribution in [3.05, 3.63) is 27.7 Å². The van der Waals surface area contributed by atoms with Crippen LogP contribution in [0.15, 0.2) is 21.6 Å². The molecule has 1 aliphatic rings. The number of carbonyl (C=O) groups excluding carboxylic acids is 1. The molecule has 1 aromatic rings. The van der Waals surface area contributed by atoms with Crippen molar-refractivity contribution in [2.45, 2.75) is 25.3 Å². The minimum absolute atomic E-state index is 0.201. The number of aliphatic imine (C=N–C) groups is 1. The van der Waals surface area contributed by atoms with E-state index in [4.69, 9.17) is 0 Å². The molecule has 1 fully saturated rings.